The molecular formula is C16H18N2O3S. The molecule has 5 nitrogen and oxygen atoms in total. The third-order valence-electron chi connectivity index (χ3n) is 3.71. The van der Waals surface area contributed by atoms with Gasteiger partial charge in [0.25, 0.3) is 10.0 Å². The molecule has 6 heteroatoms. The average molecular weight is 318 g/mol. The topological polar surface area (TPSA) is 58.6 Å². The van der Waals surface area contributed by atoms with E-state index in [1.54, 1.807) is 31.4 Å². The predicted octanol–water partition coefficient (Wildman–Crippen LogP) is 1.99. The molecule has 0 fully saturated rings. The predicted molar refractivity (Wildman–Crippen MR) is 85.7 cm³/mol. The number of rotatable bonds is 3. The van der Waals surface area contributed by atoms with Gasteiger partial charge in [0, 0.05) is 19.6 Å². The molecule has 2 aromatic carbocycles. The van der Waals surface area contributed by atoms with Gasteiger partial charge >= 0.3 is 0 Å². The first-order valence-corrected chi connectivity index (χ1v) is 8.52. The fourth-order valence-corrected chi connectivity index (χ4v) is 4.06. The zero-order chi connectivity index (χ0) is 15.6. The van der Waals surface area contributed by atoms with Gasteiger partial charge in [0.1, 0.15) is 5.75 Å². The van der Waals surface area contributed by atoms with Crippen LogP contribution in [0.1, 0.15) is 5.56 Å². The second-order valence-electron chi connectivity index (χ2n) is 5.06. The molecule has 0 atom stereocenters. The number of nitrogens with zero attached hydrogens (tertiary/aromatic N) is 1. The Kier molecular flexibility index (Phi) is 4.04. The second-order valence-corrected chi connectivity index (χ2v) is 6.92. The number of fused-ring (bicyclic) bond motifs is 1. The first kappa shape index (κ1) is 14.9. The van der Waals surface area contributed by atoms with Crippen molar-refractivity contribution in [1.82, 2.24) is 5.32 Å². The number of anilines is 1. The van der Waals surface area contributed by atoms with E-state index in [4.69, 9.17) is 4.74 Å². The summed E-state index contributed by atoms with van der Waals surface area (Å²) in [5.74, 6) is 0.636. The Morgan fingerprint density at radius 3 is 2.55 bits per heavy atom. The lowest BCUT2D eigenvalue weighted by atomic mass is 10.2. The number of sulfonamides is 1. The van der Waals surface area contributed by atoms with E-state index in [-0.39, 0.29) is 4.90 Å². The summed E-state index contributed by atoms with van der Waals surface area (Å²) in [7, 11) is -2.03. The Morgan fingerprint density at radius 2 is 1.82 bits per heavy atom. The molecule has 1 N–H and O–H groups in total. The van der Waals surface area contributed by atoms with Gasteiger partial charge in [-0.3, -0.25) is 4.31 Å². The van der Waals surface area contributed by atoms with Gasteiger partial charge < -0.3 is 10.1 Å². The van der Waals surface area contributed by atoms with E-state index in [0.717, 1.165) is 11.3 Å². The Morgan fingerprint density at radius 1 is 1.09 bits per heavy atom. The third kappa shape index (κ3) is 2.67. The summed E-state index contributed by atoms with van der Waals surface area (Å²) >= 11 is 0. The lowest BCUT2D eigenvalue weighted by molar-refractivity contribution is 0.414. The van der Waals surface area contributed by atoms with Crippen LogP contribution < -0.4 is 14.4 Å². The minimum atomic E-state index is -3.59. The fourth-order valence-electron chi connectivity index (χ4n) is 2.55. The number of hydrogen-bond donors (Lipinski definition) is 1. The average Bonchev–Trinajstić information content (AvgIpc) is 2.77. The molecule has 1 aliphatic rings. The molecule has 0 bridgehead atoms. The molecule has 0 unspecified atom stereocenters. The maximum atomic E-state index is 13.0. The molecule has 1 aliphatic heterocycles. The molecule has 22 heavy (non-hydrogen) atoms. The number of para-hydroxylation sites is 1. The minimum absolute atomic E-state index is 0.269. The van der Waals surface area contributed by atoms with E-state index < -0.39 is 10.0 Å². The first-order chi connectivity index (χ1) is 10.6. The summed E-state index contributed by atoms with van der Waals surface area (Å²) in [6.07, 6.45) is 0. The van der Waals surface area contributed by atoms with Crippen molar-refractivity contribution < 1.29 is 13.2 Å². The highest BCUT2D eigenvalue weighted by atomic mass is 32.2. The highest BCUT2D eigenvalue weighted by molar-refractivity contribution is 7.92. The molecule has 0 radical (unpaired) electrons. The van der Waals surface area contributed by atoms with Crippen LogP contribution in [0.5, 0.6) is 5.75 Å². The van der Waals surface area contributed by atoms with Crippen molar-refractivity contribution in [3.05, 3.63) is 54.1 Å². The van der Waals surface area contributed by atoms with Crippen molar-refractivity contribution in [2.75, 3.05) is 24.5 Å². The van der Waals surface area contributed by atoms with Gasteiger partial charge in [0.05, 0.1) is 17.7 Å². The van der Waals surface area contributed by atoms with E-state index in [2.05, 4.69) is 5.32 Å². The highest BCUT2D eigenvalue weighted by Crippen LogP contribution is 2.28. The summed E-state index contributed by atoms with van der Waals surface area (Å²) in [4.78, 5) is 0.269. The van der Waals surface area contributed by atoms with E-state index in [1.807, 2.05) is 24.3 Å². The Hall–Kier alpha value is -2.05. The maximum Gasteiger partial charge on any atom is 0.264 e. The van der Waals surface area contributed by atoms with Crippen molar-refractivity contribution in [3.63, 3.8) is 0 Å². The van der Waals surface area contributed by atoms with E-state index >= 15 is 0 Å². The quantitative estimate of drug-likeness (QED) is 0.940. The van der Waals surface area contributed by atoms with Crippen LogP contribution in [0.25, 0.3) is 0 Å². The van der Waals surface area contributed by atoms with Gasteiger partial charge in [-0.2, -0.15) is 0 Å². The minimum Gasteiger partial charge on any atom is -0.497 e. The molecule has 0 spiro atoms. The zero-order valence-electron chi connectivity index (χ0n) is 12.3. The maximum absolute atomic E-state index is 13.0. The molecule has 1 heterocycles. The Bertz CT molecular complexity index is 757. The summed E-state index contributed by atoms with van der Waals surface area (Å²) < 4.78 is 32.5. The second kappa shape index (κ2) is 5.98. The first-order valence-electron chi connectivity index (χ1n) is 7.08. The summed E-state index contributed by atoms with van der Waals surface area (Å²) in [6, 6.07) is 14.1. The molecule has 3 rings (SSSR count). The summed E-state index contributed by atoms with van der Waals surface area (Å²) in [6.45, 7) is 1.69. The summed E-state index contributed by atoms with van der Waals surface area (Å²) in [5, 5.41) is 3.25. The van der Waals surface area contributed by atoms with Crippen molar-refractivity contribution in [3.8, 4) is 5.75 Å². The number of benzene rings is 2. The van der Waals surface area contributed by atoms with Crippen LogP contribution in [0.4, 0.5) is 5.69 Å². The van der Waals surface area contributed by atoms with Crippen molar-refractivity contribution in [1.29, 1.82) is 0 Å². The molecule has 0 aromatic heterocycles. The standard InChI is InChI=1S/C16H18N2O3S/c1-21-14-6-8-15(9-7-14)22(19,20)18-11-10-17-12-13-4-2-3-5-16(13)18/h2-9,17H,10-12H2,1H3. The van der Waals surface area contributed by atoms with Gasteiger partial charge in [-0.25, -0.2) is 8.42 Å². The van der Waals surface area contributed by atoms with E-state index in [1.165, 1.54) is 4.31 Å². The molecule has 2 aromatic rings. The number of ether oxygens (including phenoxy) is 1. The van der Waals surface area contributed by atoms with Crippen LogP contribution in [0.2, 0.25) is 0 Å². The molecule has 116 valence electrons. The van der Waals surface area contributed by atoms with Crippen LogP contribution in [0.15, 0.2) is 53.4 Å². The molecule has 0 saturated carbocycles. The van der Waals surface area contributed by atoms with Gasteiger partial charge in [-0.15, -0.1) is 0 Å². The SMILES string of the molecule is COc1ccc(S(=O)(=O)N2CCNCc3ccccc32)cc1. The number of hydrogen-bond acceptors (Lipinski definition) is 4. The van der Waals surface area contributed by atoms with Gasteiger partial charge in [0.15, 0.2) is 0 Å². The molecule has 0 saturated heterocycles. The number of nitrogens with one attached hydrogen (secondary N) is 1. The van der Waals surface area contributed by atoms with E-state index in [0.29, 0.717) is 25.4 Å². The van der Waals surface area contributed by atoms with E-state index in [9.17, 15) is 8.42 Å². The Balaban J connectivity index is 2.04. The van der Waals surface area contributed by atoms with Crippen molar-refractivity contribution in [2.45, 2.75) is 11.4 Å². The molecule has 0 amide bonds. The third-order valence-corrected chi connectivity index (χ3v) is 5.54. The molecular weight excluding hydrogens is 300 g/mol. The van der Waals surface area contributed by atoms with Gasteiger partial charge in [0.2, 0.25) is 0 Å². The lowest BCUT2D eigenvalue weighted by Crippen LogP contribution is -2.34. The van der Waals surface area contributed by atoms with Gasteiger partial charge in [-0.05, 0) is 35.9 Å². The van der Waals surface area contributed by atoms with Crippen molar-refractivity contribution >= 4 is 15.7 Å². The zero-order valence-corrected chi connectivity index (χ0v) is 13.1. The van der Waals surface area contributed by atoms with Gasteiger partial charge in [-0.1, -0.05) is 18.2 Å². The van der Waals surface area contributed by atoms with Crippen LogP contribution in [0.3, 0.4) is 0 Å². The monoisotopic (exact) mass is 318 g/mol. The van der Waals surface area contributed by atoms with Crippen LogP contribution in [0, 0.1) is 0 Å². The Labute approximate surface area is 130 Å². The number of methoxy groups -OCH3 is 1. The summed E-state index contributed by atoms with van der Waals surface area (Å²) in [5.41, 5.74) is 1.72. The van der Waals surface area contributed by atoms with Crippen LogP contribution >= 0.6 is 0 Å². The van der Waals surface area contributed by atoms with Crippen molar-refractivity contribution in [2.24, 2.45) is 0 Å². The lowest BCUT2D eigenvalue weighted by Gasteiger charge is -2.24. The van der Waals surface area contributed by atoms with Crippen LogP contribution in [-0.4, -0.2) is 28.6 Å². The smallest absolute Gasteiger partial charge is 0.264 e. The molecule has 0 aliphatic carbocycles. The van der Waals surface area contributed by atoms with Crippen LogP contribution in [-0.2, 0) is 16.6 Å². The fraction of sp³-hybridized carbons (Fsp3) is 0.250. The highest BCUT2D eigenvalue weighted by Gasteiger charge is 2.27. The largest absolute Gasteiger partial charge is 0.497 e. The normalized spacial score (nSPS) is 15.0.